The number of halogens is 3. The van der Waals surface area contributed by atoms with E-state index < -0.39 is 17.8 Å². The number of fused-ring (bicyclic) bond motifs is 1. The van der Waals surface area contributed by atoms with E-state index in [0.29, 0.717) is 5.02 Å². The van der Waals surface area contributed by atoms with Crippen LogP contribution in [0.3, 0.4) is 0 Å². The molecule has 1 aliphatic rings. The molecule has 8 heteroatoms. The molecule has 1 amide bonds. The number of aryl methyl sites for hydroxylation is 1. The summed E-state index contributed by atoms with van der Waals surface area (Å²) in [5.74, 6) is -1.04. The normalized spacial score (nSPS) is 15.8. The molecule has 0 fully saturated rings. The summed E-state index contributed by atoms with van der Waals surface area (Å²) in [5, 5.41) is 14.5. The monoisotopic (exact) mass is 461 g/mol. The van der Waals surface area contributed by atoms with Gasteiger partial charge in [0.2, 0.25) is 0 Å². The number of carbonyl (C=O) groups is 1. The molecule has 162 valence electrons. The van der Waals surface area contributed by atoms with E-state index in [0.717, 1.165) is 22.4 Å². The third-order valence-corrected chi connectivity index (χ3v) is 6.09. The van der Waals surface area contributed by atoms with Crippen LogP contribution in [-0.2, 0) is 6.54 Å². The molecule has 0 saturated carbocycles. The third kappa shape index (κ3) is 3.53. The lowest BCUT2D eigenvalue weighted by Gasteiger charge is -2.29. The van der Waals surface area contributed by atoms with Crippen molar-refractivity contribution in [1.82, 2.24) is 9.78 Å². The molecule has 5 nitrogen and oxygen atoms in total. The number of rotatable bonds is 5. The Morgan fingerprint density at radius 2 is 1.97 bits per heavy atom. The van der Waals surface area contributed by atoms with E-state index in [1.165, 1.54) is 11.0 Å². The Hall–Kier alpha value is -2.41. The molecule has 1 N–H and O–H groups in total. The number of aliphatic hydroxyl groups is 1. The summed E-state index contributed by atoms with van der Waals surface area (Å²) in [4.78, 5) is 15.0. The highest BCUT2D eigenvalue weighted by atomic mass is 35.5. The molecule has 4 rings (SSSR count). The zero-order valence-corrected chi connectivity index (χ0v) is 18.9. The number of aromatic nitrogens is 2. The van der Waals surface area contributed by atoms with Crippen LogP contribution in [0.2, 0.25) is 10.0 Å². The Kier molecular flexibility index (Phi) is 5.81. The zero-order valence-electron chi connectivity index (χ0n) is 17.4. The smallest absolute Gasteiger partial charge is 0.280 e. The first-order valence-electron chi connectivity index (χ1n) is 10.0. The molecule has 2 aromatic carbocycles. The van der Waals surface area contributed by atoms with Crippen molar-refractivity contribution < 1.29 is 14.3 Å². The molecule has 1 aliphatic heterocycles. The number of hydrogen-bond acceptors (Lipinski definition) is 3. The van der Waals surface area contributed by atoms with Crippen LogP contribution in [0.15, 0.2) is 36.4 Å². The van der Waals surface area contributed by atoms with Gasteiger partial charge < -0.3 is 5.11 Å². The minimum absolute atomic E-state index is 0.0230. The van der Waals surface area contributed by atoms with Gasteiger partial charge in [-0.05, 0) is 48.2 Å². The van der Waals surface area contributed by atoms with Crippen molar-refractivity contribution in [3.63, 3.8) is 0 Å². The summed E-state index contributed by atoms with van der Waals surface area (Å²) in [5.41, 5.74) is 3.60. The van der Waals surface area contributed by atoms with Crippen molar-refractivity contribution in [1.29, 1.82) is 0 Å². The number of hydrogen-bond donors (Lipinski definition) is 1. The quantitative estimate of drug-likeness (QED) is 0.545. The Bertz CT molecular complexity index is 1180. The summed E-state index contributed by atoms with van der Waals surface area (Å²) in [7, 11) is 0. The SMILES string of the molecule is Cc1cc(Cl)ccc1[C@H]1c2c(nn(CCO)c2C(C)C)C(=O)N1c1cccc(Cl)c1F. The van der Waals surface area contributed by atoms with Crippen LogP contribution in [0.5, 0.6) is 0 Å². The van der Waals surface area contributed by atoms with Gasteiger partial charge in [0, 0.05) is 16.3 Å². The van der Waals surface area contributed by atoms with Crippen molar-refractivity contribution in [2.45, 2.75) is 39.3 Å². The molecule has 0 aliphatic carbocycles. The lowest BCUT2D eigenvalue weighted by molar-refractivity contribution is 0.0986. The van der Waals surface area contributed by atoms with Crippen molar-refractivity contribution >= 4 is 34.8 Å². The summed E-state index contributed by atoms with van der Waals surface area (Å²) in [6, 6.07) is 9.44. The van der Waals surface area contributed by atoms with Gasteiger partial charge in [-0.15, -0.1) is 0 Å². The van der Waals surface area contributed by atoms with E-state index in [9.17, 15) is 9.90 Å². The molecule has 1 atom stereocenters. The van der Waals surface area contributed by atoms with Crippen molar-refractivity contribution in [3.05, 3.63) is 80.3 Å². The predicted octanol–water partition coefficient (Wildman–Crippen LogP) is 5.50. The van der Waals surface area contributed by atoms with Gasteiger partial charge in [0.05, 0.1) is 29.9 Å². The first-order valence-corrected chi connectivity index (χ1v) is 10.8. The molecule has 1 aromatic heterocycles. The topological polar surface area (TPSA) is 58.4 Å². The standard InChI is InChI=1S/C23H22Cl2FN3O2/c1-12(2)21-18-20(27-28(21)9-10-30)23(31)29(17-6-4-5-16(25)19(17)26)22(18)15-8-7-14(24)11-13(15)3/h4-8,11-12,22,30H,9-10H2,1-3H3/t22-/m0/s1. The van der Waals surface area contributed by atoms with Gasteiger partial charge in [-0.1, -0.05) is 49.2 Å². The van der Waals surface area contributed by atoms with Gasteiger partial charge in [-0.3, -0.25) is 14.4 Å². The Labute approximate surface area is 190 Å². The number of aliphatic hydroxyl groups excluding tert-OH is 1. The summed E-state index contributed by atoms with van der Waals surface area (Å²) in [6.07, 6.45) is 0. The number of anilines is 1. The second-order valence-electron chi connectivity index (χ2n) is 7.90. The van der Waals surface area contributed by atoms with Crippen molar-refractivity contribution in [2.75, 3.05) is 11.5 Å². The Morgan fingerprint density at radius 1 is 1.23 bits per heavy atom. The van der Waals surface area contributed by atoms with Crippen LogP contribution in [0.25, 0.3) is 0 Å². The summed E-state index contributed by atoms with van der Waals surface area (Å²) >= 11 is 12.2. The molecule has 0 radical (unpaired) electrons. The number of amides is 1. The maximum absolute atomic E-state index is 15.1. The minimum atomic E-state index is -0.659. The fraction of sp³-hybridized carbons (Fsp3) is 0.304. The number of nitrogens with zero attached hydrogens (tertiary/aromatic N) is 3. The van der Waals surface area contributed by atoms with Gasteiger partial charge in [0.15, 0.2) is 11.5 Å². The first kappa shape index (κ1) is 21.8. The molecule has 31 heavy (non-hydrogen) atoms. The maximum atomic E-state index is 15.1. The van der Waals surface area contributed by atoms with Gasteiger partial charge >= 0.3 is 0 Å². The molecule has 0 bridgehead atoms. The van der Waals surface area contributed by atoms with E-state index in [1.54, 1.807) is 22.9 Å². The summed E-state index contributed by atoms with van der Waals surface area (Å²) in [6.45, 7) is 6.08. The highest BCUT2D eigenvalue weighted by Crippen LogP contribution is 2.46. The average Bonchev–Trinajstić information content (AvgIpc) is 3.20. The number of benzene rings is 2. The van der Waals surface area contributed by atoms with E-state index in [1.807, 2.05) is 32.9 Å². The Balaban J connectivity index is 2.02. The second-order valence-corrected chi connectivity index (χ2v) is 8.74. The van der Waals surface area contributed by atoms with E-state index in [-0.39, 0.29) is 35.5 Å². The van der Waals surface area contributed by atoms with Crippen molar-refractivity contribution in [3.8, 4) is 0 Å². The fourth-order valence-corrected chi connectivity index (χ4v) is 4.71. The predicted molar refractivity (Wildman–Crippen MR) is 120 cm³/mol. The van der Waals surface area contributed by atoms with E-state index in [2.05, 4.69) is 5.10 Å². The molecular formula is C23H22Cl2FN3O2. The van der Waals surface area contributed by atoms with Gasteiger partial charge in [0.25, 0.3) is 5.91 Å². The van der Waals surface area contributed by atoms with Crippen LogP contribution in [0.4, 0.5) is 10.1 Å². The van der Waals surface area contributed by atoms with Gasteiger partial charge in [-0.2, -0.15) is 5.10 Å². The van der Waals surface area contributed by atoms with Crippen molar-refractivity contribution in [2.24, 2.45) is 0 Å². The third-order valence-electron chi connectivity index (χ3n) is 5.56. The van der Waals surface area contributed by atoms with E-state index >= 15 is 4.39 Å². The Morgan fingerprint density at radius 3 is 2.61 bits per heavy atom. The molecule has 2 heterocycles. The van der Waals surface area contributed by atoms with Crippen LogP contribution >= 0.6 is 23.2 Å². The van der Waals surface area contributed by atoms with Crippen LogP contribution in [0.1, 0.15) is 58.7 Å². The minimum Gasteiger partial charge on any atom is -0.394 e. The molecule has 0 saturated heterocycles. The van der Waals surface area contributed by atoms with Crippen LogP contribution < -0.4 is 4.90 Å². The molecule has 3 aromatic rings. The summed E-state index contributed by atoms with van der Waals surface area (Å²) < 4.78 is 16.7. The highest BCUT2D eigenvalue weighted by Gasteiger charge is 2.46. The maximum Gasteiger partial charge on any atom is 0.280 e. The van der Waals surface area contributed by atoms with Gasteiger partial charge in [0.1, 0.15) is 0 Å². The lowest BCUT2D eigenvalue weighted by atomic mass is 9.92. The molecule has 0 unspecified atom stereocenters. The van der Waals surface area contributed by atoms with Gasteiger partial charge in [-0.25, -0.2) is 4.39 Å². The second kappa shape index (κ2) is 8.26. The molecule has 0 spiro atoms. The van der Waals surface area contributed by atoms with E-state index in [4.69, 9.17) is 23.2 Å². The van der Waals surface area contributed by atoms with Crippen LogP contribution in [-0.4, -0.2) is 27.4 Å². The average molecular weight is 462 g/mol. The fourth-order valence-electron chi connectivity index (χ4n) is 4.32. The largest absolute Gasteiger partial charge is 0.394 e. The highest BCUT2D eigenvalue weighted by molar-refractivity contribution is 6.31. The first-order chi connectivity index (χ1) is 14.8. The number of carbonyl (C=O) groups excluding carboxylic acids is 1. The zero-order chi connectivity index (χ0) is 22.4. The molecular weight excluding hydrogens is 440 g/mol. The lowest BCUT2D eigenvalue weighted by Crippen LogP contribution is -2.31. The van der Waals surface area contributed by atoms with Crippen LogP contribution in [0, 0.1) is 12.7 Å².